The first kappa shape index (κ1) is 15.3. The van der Waals surface area contributed by atoms with E-state index in [4.69, 9.17) is 0 Å². The van der Waals surface area contributed by atoms with Gasteiger partial charge in [0.25, 0.3) is 0 Å². The Morgan fingerprint density at radius 1 is 1.24 bits per heavy atom. The number of hydrogen-bond donors (Lipinski definition) is 2. The lowest BCUT2D eigenvalue weighted by atomic mass is 9.77. The summed E-state index contributed by atoms with van der Waals surface area (Å²) in [5, 5.41) is 13.2. The van der Waals surface area contributed by atoms with E-state index in [0.29, 0.717) is 6.04 Å². The molecule has 2 unspecified atom stereocenters. The number of hydrogen-bond acceptors (Lipinski definition) is 3. The van der Waals surface area contributed by atoms with Crippen LogP contribution in [0.1, 0.15) is 65.2 Å². The topological polar surface area (TPSA) is 52.6 Å². The standard InChI is InChI=1S/C17H30N2O2/c1-12(2)18-17(16(20)21)9-3-4-15(10-17)19(14-7-8-14)11-13-5-6-13/h12-15,18H,3-11H2,1-2H3,(H,20,21). The van der Waals surface area contributed by atoms with Gasteiger partial charge in [0.15, 0.2) is 0 Å². The molecule has 0 aromatic heterocycles. The third kappa shape index (κ3) is 3.59. The molecule has 0 saturated heterocycles. The zero-order valence-corrected chi connectivity index (χ0v) is 13.5. The fourth-order valence-electron chi connectivity index (χ4n) is 4.07. The third-order valence-electron chi connectivity index (χ3n) is 5.35. The molecule has 2 atom stereocenters. The average Bonchev–Trinajstić information content (AvgIpc) is 3.28. The maximum atomic E-state index is 11.9. The Morgan fingerprint density at radius 2 is 1.95 bits per heavy atom. The first-order valence-corrected chi connectivity index (χ1v) is 8.77. The van der Waals surface area contributed by atoms with Crippen molar-refractivity contribution in [3.63, 3.8) is 0 Å². The summed E-state index contributed by atoms with van der Waals surface area (Å²) in [4.78, 5) is 14.6. The molecule has 0 bridgehead atoms. The Labute approximate surface area is 128 Å². The van der Waals surface area contributed by atoms with Gasteiger partial charge < -0.3 is 5.11 Å². The van der Waals surface area contributed by atoms with Crippen LogP contribution in [0.2, 0.25) is 0 Å². The van der Waals surface area contributed by atoms with Gasteiger partial charge in [-0.15, -0.1) is 0 Å². The van der Waals surface area contributed by atoms with Crippen molar-refractivity contribution in [1.29, 1.82) is 0 Å². The molecule has 0 aliphatic heterocycles. The predicted molar refractivity (Wildman–Crippen MR) is 83.3 cm³/mol. The fraction of sp³-hybridized carbons (Fsp3) is 0.941. The Morgan fingerprint density at radius 3 is 2.48 bits per heavy atom. The van der Waals surface area contributed by atoms with E-state index in [-0.39, 0.29) is 6.04 Å². The molecule has 2 N–H and O–H groups in total. The van der Waals surface area contributed by atoms with Crippen molar-refractivity contribution >= 4 is 5.97 Å². The van der Waals surface area contributed by atoms with Gasteiger partial charge in [-0.2, -0.15) is 0 Å². The van der Waals surface area contributed by atoms with Crippen LogP contribution < -0.4 is 5.32 Å². The molecule has 0 aromatic rings. The Bertz CT molecular complexity index is 390. The average molecular weight is 294 g/mol. The van der Waals surface area contributed by atoms with E-state index in [9.17, 15) is 9.90 Å². The van der Waals surface area contributed by atoms with Crippen molar-refractivity contribution < 1.29 is 9.90 Å². The van der Waals surface area contributed by atoms with E-state index < -0.39 is 11.5 Å². The van der Waals surface area contributed by atoms with Gasteiger partial charge in [-0.25, -0.2) is 0 Å². The second kappa shape index (κ2) is 5.88. The highest BCUT2D eigenvalue weighted by molar-refractivity contribution is 5.79. The molecule has 3 aliphatic rings. The molecule has 0 radical (unpaired) electrons. The molecule has 0 aromatic carbocycles. The first-order chi connectivity index (χ1) is 10.00. The van der Waals surface area contributed by atoms with Crippen molar-refractivity contribution in [3.8, 4) is 0 Å². The summed E-state index contributed by atoms with van der Waals surface area (Å²) in [6, 6.07) is 1.44. The monoisotopic (exact) mass is 294 g/mol. The van der Waals surface area contributed by atoms with E-state index in [1.807, 2.05) is 0 Å². The summed E-state index contributed by atoms with van der Waals surface area (Å²) in [7, 11) is 0. The summed E-state index contributed by atoms with van der Waals surface area (Å²) in [6.07, 6.45) is 9.17. The smallest absolute Gasteiger partial charge is 0.323 e. The van der Waals surface area contributed by atoms with Gasteiger partial charge in [-0.1, -0.05) is 0 Å². The van der Waals surface area contributed by atoms with Crippen LogP contribution in [-0.4, -0.2) is 46.2 Å². The summed E-state index contributed by atoms with van der Waals surface area (Å²) in [5.41, 5.74) is -0.701. The Hall–Kier alpha value is -0.610. The Balaban J connectivity index is 1.71. The van der Waals surface area contributed by atoms with Gasteiger partial charge in [-0.05, 0) is 71.1 Å². The zero-order valence-electron chi connectivity index (χ0n) is 13.5. The predicted octanol–water partition coefficient (Wildman–Crippen LogP) is 2.62. The van der Waals surface area contributed by atoms with E-state index in [1.165, 1.54) is 38.6 Å². The molecule has 4 nitrogen and oxygen atoms in total. The van der Waals surface area contributed by atoms with Crippen LogP contribution in [0.5, 0.6) is 0 Å². The molecular weight excluding hydrogens is 264 g/mol. The van der Waals surface area contributed by atoms with Crippen LogP contribution in [0, 0.1) is 5.92 Å². The van der Waals surface area contributed by atoms with Crippen LogP contribution in [0.25, 0.3) is 0 Å². The molecule has 3 aliphatic carbocycles. The van der Waals surface area contributed by atoms with Crippen LogP contribution >= 0.6 is 0 Å². The van der Waals surface area contributed by atoms with Gasteiger partial charge >= 0.3 is 5.97 Å². The molecule has 21 heavy (non-hydrogen) atoms. The van der Waals surface area contributed by atoms with Gasteiger partial charge in [0, 0.05) is 24.7 Å². The van der Waals surface area contributed by atoms with Crippen LogP contribution in [-0.2, 0) is 4.79 Å². The number of carboxylic acids is 1. The second-order valence-corrected chi connectivity index (χ2v) is 7.81. The van der Waals surface area contributed by atoms with Crippen molar-refractivity contribution in [1.82, 2.24) is 10.2 Å². The summed E-state index contributed by atoms with van der Waals surface area (Å²) in [6.45, 7) is 5.32. The van der Waals surface area contributed by atoms with E-state index in [1.54, 1.807) is 0 Å². The number of nitrogens with zero attached hydrogens (tertiary/aromatic N) is 1. The zero-order chi connectivity index (χ0) is 15.0. The molecule has 0 spiro atoms. The number of carboxylic acid groups (broad SMARTS) is 1. The van der Waals surface area contributed by atoms with E-state index >= 15 is 0 Å². The number of nitrogens with one attached hydrogen (secondary N) is 1. The molecular formula is C17H30N2O2. The lowest BCUT2D eigenvalue weighted by Crippen LogP contribution is -2.60. The maximum absolute atomic E-state index is 11.9. The molecule has 0 heterocycles. The molecule has 3 fully saturated rings. The molecule has 3 saturated carbocycles. The largest absolute Gasteiger partial charge is 0.480 e. The minimum absolute atomic E-state index is 0.220. The van der Waals surface area contributed by atoms with Crippen molar-refractivity contribution in [2.24, 2.45) is 5.92 Å². The van der Waals surface area contributed by atoms with E-state index in [0.717, 1.165) is 31.2 Å². The molecule has 120 valence electrons. The number of carbonyl (C=O) groups is 1. The van der Waals surface area contributed by atoms with Crippen molar-refractivity contribution in [2.45, 2.75) is 88.9 Å². The van der Waals surface area contributed by atoms with Crippen LogP contribution in [0.3, 0.4) is 0 Å². The highest BCUT2D eigenvalue weighted by Crippen LogP contribution is 2.40. The lowest BCUT2D eigenvalue weighted by Gasteiger charge is -2.44. The summed E-state index contributed by atoms with van der Waals surface area (Å²) >= 11 is 0. The fourth-order valence-corrected chi connectivity index (χ4v) is 4.07. The molecule has 4 heteroatoms. The number of rotatable bonds is 7. The summed E-state index contributed by atoms with van der Waals surface area (Å²) in [5.74, 6) is 0.243. The van der Waals surface area contributed by atoms with Gasteiger partial charge in [0.1, 0.15) is 5.54 Å². The van der Waals surface area contributed by atoms with Crippen LogP contribution in [0.15, 0.2) is 0 Å². The highest BCUT2D eigenvalue weighted by Gasteiger charge is 2.47. The van der Waals surface area contributed by atoms with E-state index in [2.05, 4.69) is 24.1 Å². The SMILES string of the molecule is CC(C)NC1(C(=O)O)CCCC(N(CC2CC2)C2CC2)C1. The van der Waals surface area contributed by atoms with Crippen molar-refractivity contribution in [2.75, 3.05) is 6.54 Å². The lowest BCUT2D eigenvalue weighted by molar-refractivity contribution is -0.148. The Kier molecular flexibility index (Phi) is 4.28. The quantitative estimate of drug-likeness (QED) is 0.758. The first-order valence-electron chi connectivity index (χ1n) is 8.77. The normalized spacial score (nSPS) is 33.6. The second-order valence-electron chi connectivity index (χ2n) is 7.81. The minimum atomic E-state index is -0.701. The minimum Gasteiger partial charge on any atom is -0.480 e. The van der Waals surface area contributed by atoms with Gasteiger partial charge in [0.2, 0.25) is 0 Å². The van der Waals surface area contributed by atoms with Gasteiger partial charge in [0.05, 0.1) is 0 Å². The molecule has 0 amide bonds. The van der Waals surface area contributed by atoms with Crippen LogP contribution in [0.4, 0.5) is 0 Å². The maximum Gasteiger partial charge on any atom is 0.323 e. The molecule has 3 rings (SSSR count). The number of aliphatic carboxylic acids is 1. The third-order valence-corrected chi connectivity index (χ3v) is 5.35. The summed E-state index contributed by atoms with van der Waals surface area (Å²) < 4.78 is 0. The highest BCUT2D eigenvalue weighted by atomic mass is 16.4. The van der Waals surface area contributed by atoms with Gasteiger partial charge in [-0.3, -0.25) is 15.0 Å². The van der Waals surface area contributed by atoms with Crippen molar-refractivity contribution in [3.05, 3.63) is 0 Å².